The molecule has 20 heavy (non-hydrogen) atoms. The second-order valence-corrected chi connectivity index (χ2v) is 6.69. The summed E-state index contributed by atoms with van der Waals surface area (Å²) >= 11 is 0. The molecule has 1 atom stereocenters. The molecule has 3 N–H and O–H groups in total. The standard InChI is InChI=1S/C14H23N3O2S/c1-2-16-11-12-7-5-6-10-17(12)13-8-3-4-9-14(13)20(15,18)19/h3-4,8-9,12,16H,2,5-7,10-11H2,1H3,(H2,15,18,19). The van der Waals surface area contributed by atoms with Gasteiger partial charge in [0, 0.05) is 19.1 Å². The molecule has 1 aromatic carbocycles. The van der Waals surface area contributed by atoms with Gasteiger partial charge >= 0.3 is 0 Å². The number of primary sulfonamides is 1. The zero-order chi connectivity index (χ0) is 14.6. The van der Waals surface area contributed by atoms with Crippen molar-refractivity contribution in [2.24, 2.45) is 5.14 Å². The molecule has 0 aromatic heterocycles. The molecule has 0 aliphatic carbocycles. The van der Waals surface area contributed by atoms with E-state index in [1.54, 1.807) is 12.1 Å². The Hall–Kier alpha value is -1.11. The number of nitrogens with zero attached hydrogens (tertiary/aromatic N) is 1. The van der Waals surface area contributed by atoms with Crippen molar-refractivity contribution in [3.8, 4) is 0 Å². The van der Waals surface area contributed by atoms with E-state index in [4.69, 9.17) is 5.14 Å². The molecule has 2 rings (SSSR count). The topological polar surface area (TPSA) is 75.4 Å². The summed E-state index contributed by atoms with van der Waals surface area (Å²) in [4.78, 5) is 2.41. The predicted octanol–water partition coefficient (Wildman–Crippen LogP) is 1.30. The third kappa shape index (κ3) is 3.50. The number of rotatable bonds is 5. The Balaban J connectivity index is 2.33. The van der Waals surface area contributed by atoms with Gasteiger partial charge in [-0.2, -0.15) is 0 Å². The van der Waals surface area contributed by atoms with Gasteiger partial charge in [-0.15, -0.1) is 0 Å². The quantitative estimate of drug-likeness (QED) is 0.859. The second-order valence-electron chi connectivity index (χ2n) is 5.16. The van der Waals surface area contributed by atoms with Gasteiger partial charge < -0.3 is 10.2 Å². The van der Waals surface area contributed by atoms with Gasteiger partial charge in [-0.1, -0.05) is 19.1 Å². The summed E-state index contributed by atoms with van der Waals surface area (Å²) in [5, 5.41) is 8.69. The van der Waals surface area contributed by atoms with Crippen LogP contribution in [0, 0.1) is 0 Å². The minimum absolute atomic E-state index is 0.225. The van der Waals surface area contributed by atoms with Gasteiger partial charge in [-0.05, 0) is 37.9 Å². The molecular weight excluding hydrogens is 274 g/mol. The van der Waals surface area contributed by atoms with Crippen molar-refractivity contribution in [2.45, 2.75) is 37.1 Å². The van der Waals surface area contributed by atoms with Gasteiger partial charge in [0.2, 0.25) is 10.0 Å². The van der Waals surface area contributed by atoms with Crippen molar-refractivity contribution in [2.75, 3.05) is 24.5 Å². The zero-order valence-corrected chi connectivity index (χ0v) is 12.7. The van der Waals surface area contributed by atoms with E-state index in [0.29, 0.717) is 6.04 Å². The van der Waals surface area contributed by atoms with Crippen LogP contribution in [0.4, 0.5) is 5.69 Å². The number of anilines is 1. The first kappa shape index (κ1) is 15.3. The summed E-state index contributed by atoms with van der Waals surface area (Å²) in [5.74, 6) is 0. The molecule has 1 saturated heterocycles. The van der Waals surface area contributed by atoms with E-state index < -0.39 is 10.0 Å². The lowest BCUT2D eigenvalue weighted by Gasteiger charge is -2.38. The van der Waals surface area contributed by atoms with Gasteiger partial charge in [0.1, 0.15) is 4.90 Å². The number of hydrogen-bond donors (Lipinski definition) is 2. The first-order valence-electron chi connectivity index (χ1n) is 7.13. The van der Waals surface area contributed by atoms with Gasteiger partial charge in [0.05, 0.1) is 5.69 Å². The molecule has 6 heteroatoms. The molecule has 1 aromatic rings. The summed E-state index contributed by atoms with van der Waals surface area (Å²) in [6.45, 7) is 4.74. The van der Waals surface area contributed by atoms with Crippen LogP contribution < -0.4 is 15.4 Å². The maximum atomic E-state index is 11.8. The molecule has 1 heterocycles. The Morgan fingerprint density at radius 3 is 2.80 bits per heavy atom. The zero-order valence-electron chi connectivity index (χ0n) is 11.9. The monoisotopic (exact) mass is 297 g/mol. The molecule has 0 spiro atoms. The summed E-state index contributed by atoms with van der Waals surface area (Å²) in [5.41, 5.74) is 0.734. The van der Waals surface area contributed by atoms with Crippen LogP contribution in [0.3, 0.4) is 0 Å². The minimum atomic E-state index is -3.69. The predicted molar refractivity (Wildman–Crippen MR) is 81.3 cm³/mol. The van der Waals surface area contributed by atoms with E-state index in [2.05, 4.69) is 17.1 Å². The van der Waals surface area contributed by atoms with Crippen molar-refractivity contribution in [3.05, 3.63) is 24.3 Å². The fourth-order valence-corrected chi connectivity index (χ4v) is 3.52. The fourth-order valence-electron chi connectivity index (χ4n) is 2.78. The van der Waals surface area contributed by atoms with Crippen molar-refractivity contribution in [3.63, 3.8) is 0 Å². The van der Waals surface area contributed by atoms with Crippen molar-refractivity contribution in [1.29, 1.82) is 0 Å². The lowest BCUT2D eigenvalue weighted by molar-refractivity contribution is 0.437. The van der Waals surface area contributed by atoms with E-state index in [0.717, 1.165) is 38.2 Å². The summed E-state index contributed by atoms with van der Waals surface area (Å²) in [6.07, 6.45) is 3.34. The Morgan fingerprint density at radius 2 is 2.10 bits per heavy atom. The van der Waals surface area contributed by atoms with Crippen LogP contribution in [0.5, 0.6) is 0 Å². The highest BCUT2D eigenvalue weighted by molar-refractivity contribution is 7.89. The lowest BCUT2D eigenvalue weighted by atomic mass is 10.0. The highest BCUT2D eigenvalue weighted by Crippen LogP contribution is 2.29. The first-order chi connectivity index (χ1) is 9.54. The largest absolute Gasteiger partial charge is 0.366 e. The van der Waals surface area contributed by atoms with Crippen LogP contribution in [0.1, 0.15) is 26.2 Å². The molecule has 5 nitrogen and oxygen atoms in total. The number of piperidine rings is 1. The molecule has 112 valence electrons. The Morgan fingerprint density at radius 1 is 1.35 bits per heavy atom. The average molecular weight is 297 g/mol. The number of para-hydroxylation sites is 1. The summed E-state index contributed by atoms with van der Waals surface area (Å²) < 4.78 is 23.5. The van der Waals surface area contributed by atoms with E-state index in [1.165, 1.54) is 6.42 Å². The molecule has 1 fully saturated rings. The van der Waals surface area contributed by atoms with E-state index >= 15 is 0 Å². The molecule has 0 saturated carbocycles. The third-order valence-electron chi connectivity index (χ3n) is 3.74. The number of hydrogen-bond acceptors (Lipinski definition) is 4. The van der Waals surface area contributed by atoms with Crippen LogP contribution in [0.25, 0.3) is 0 Å². The second kappa shape index (κ2) is 6.56. The number of sulfonamides is 1. The molecular formula is C14H23N3O2S. The molecule has 0 radical (unpaired) electrons. The third-order valence-corrected chi connectivity index (χ3v) is 4.70. The highest BCUT2D eigenvalue weighted by Gasteiger charge is 2.26. The number of benzene rings is 1. The average Bonchev–Trinajstić information content (AvgIpc) is 2.44. The first-order valence-corrected chi connectivity index (χ1v) is 8.68. The van der Waals surface area contributed by atoms with Gasteiger partial charge in [0.25, 0.3) is 0 Å². The maximum absolute atomic E-state index is 11.8. The van der Waals surface area contributed by atoms with Crippen LogP contribution in [0.2, 0.25) is 0 Å². The van der Waals surface area contributed by atoms with Crippen LogP contribution in [-0.2, 0) is 10.0 Å². The molecule has 1 unspecified atom stereocenters. The van der Waals surface area contributed by atoms with E-state index in [-0.39, 0.29) is 4.90 Å². The molecule has 0 bridgehead atoms. The smallest absolute Gasteiger partial charge is 0.240 e. The Kier molecular flexibility index (Phi) is 5.01. The SMILES string of the molecule is CCNCC1CCCCN1c1ccccc1S(N)(=O)=O. The molecule has 1 aliphatic heterocycles. The molecule has 1 aliphatic rings. The van der Waals surface area contributed by atoms with E-state index in [1.807, 2.05) is 12.1 Å². The Bertz CT molecular complexity index is 545. The normalized spacial score (nSPS) is 20.1. The van der Waals surface area contributed by atoms with Crippen molar-refractivity contribution < 1.29 is 8.42 Å². The summed E-state index contributed by atoms with van der Waals surface area (Å²) in [6, 6.07) is 7.34. The minimum Gasteiger partial charge on any atom is -0.366 e. The fraction of sp³-hybridized carbons (Fsp3) is 0.571. The van der Waals surface area contributed by atoms with Gasteiger partial charge in [-0.3, -0.25) is 0 Å². The summed E-state index contributed by atoms with van der Waals surface area (Å²) in [7, 11) is -3.69. The van der Waals surface area contributed by atoms with Crippen LogP contribution in [-0.4, -0.2) is 34.1 Å². The van der Waals surface area contributed by atoms with Gasteiger partial charge in [0.15, 0.2) is 0 Å². The number of nitrogens with two attached hydrogens (primary N) is 1. The highest BCUT2D eigenvalue weighted by atomic mass is 32.2. The number of likely N-dealkylation sites (N-methyl/N-ethyl adjacent to an activating group) is 1. The number of nitrogens with one attached hydrogen (secondary N) is 1. The Labute approximate surface area is 121 Å². The van der Waals surface area contributed by atoms with Crippen molar-refractivity contribution >= 4 is 15.7 Å². The van der Waals surface area contributed by atoms with Crippen LogP contribution in [0.15, 0.2) is 29.2 Å². The maximum Gasteiger partial charge on any atom is 0.240 e. The lowest BCUT2D eigenvalue weighted by Crippen LogP contribution is -2.46. The van der Waals surface area contributed by atoms with Gasteiger partial charge in [-0.25, -0.2) is 13.6 Å². The molecule has 0 amide bonds. The van der Waals surface area contributed by atoms with Crippen LogP contribution >= 0.6 is 0 Å². The van der Waals surface area contributed by atoms with Crippen molar-refractivity contribution in [1.82, 2.24) is 5.32 Å². The van der Waals surface area contributed by atoms with E-state index in [9.17, 15) is 8.42 Å².